The number of nitrogens with zero attached hydrogens (tertiary/aromatic N) is 1. The zero-order chi connectivity index (χ0) is 11.5. The van der Waals surface area contributed by atoms with Gasteiger partial charge in [-0.15, -0.1) is 0 Å². The molecule has 92 valence electrons. The van der Waals surface area contributed by atoms with Gasteiger partial charge in [-0.3, -0.25) is 9.69 Å². The fourth-order valence-electron chi connectivity index (χ4n) is 2.34. The van der Waals surface area contributed by atoms with Crippen molar-refractivity contribution < 1.29 is 14.6 Å². The molecule has 2 fully saturated rings. The van der Waals surface area contributed by atoms with E-state index in [1.165, 1.54) is 0 Å². The minimum absolute atomic E-state index is 0.0697. The van der Waals surface area contributed by atoms with Gasteiger partial charge in [-0.05, 0) is 13.3 Å². The summed E-state index contributed by atoms with van der Waals surface area (Å²) in [6.45, 7) is 4.47. The van der Waals surface area contributed by atoms with Crippen molar-refractivity contribution in [2.24, 2.45) is 0 Å². The van der Waals surface area contributed by atoms with Crippen LogP contribution in [0.15, 0.2) is 0 Å². The first-order valence-corrected chi connectivity index (χ1v) is 5.95. The van der Waals surface area contributed by atoms with Crippen molar-refractivity contribution in [3.05, 3.63) is 0 Å². The van der Waals surface area contributed by atoms with Crippen LogP contribution in [0, 0.1) is 0 Å². The summed E-state index contributed by atoms with van der Waals surface area (Å²) in [7, 11) is 0. The van der Waals surface area contributed by atoms with Crippen LogP contribution in [0.1, 0.15) is 19.8 Å². The van der Waals surface area contributed by atoms with Crippen molar-refractivity contribution in [2.45, 2.75) is 38.0 Å². The van der Waals surface area contributed by atoms with E-state index in [9.17, 15) is 4.79 Å². The summed E-state index contributed by atoms with van der Waals surface area (Å²) in [5.41, 5.74) is 0. The number of ether oxygens (including phenoxy) is 1. The Morgan fingerprint density at radius 1 is 1.62 bits per heavy atom. The van der Waals surface area contributed by atoms with Gasteiger partial charge in [0.25, 0.3) is 0 Å². The SMILES string of the molecule is CC1COC(CO)CN1CC1CCC(=O)N1. The second-order valence-electron chi connectivity index (χ2n) is 4.74. The number of morpholine rings is 1. The third-order valence-corrected chi connectivity index (χ3v) is 3.38. The Labute approximate surface area is 95.8 Å². The zero-order valence-corrected chi connectivity index (χ0v) is 9.69. The standard InChI is InChI=1S/C11H20N2O3/c1-8-7-16-10(6-14)5-13(8)4-9-2-3-11(15)12-9/h8-10,14H,2-7H2,1H3,(H,12,15). The lowest BCUT2D eigenvalue weighted by Crippen LogP contribution is -2.53. The van der Waals surface area contributed by atoms with Gasteiger partial charge in [0, 0.05) is 31.6 Å². The first-order valence-electron chi connectivity index (χ1n) is 5.95. The molecule has 0 aromatic rings. The molecule has 0 aliphatic carbocycles. The second kappa shape index (κ2) is 5.12. The first-order chi connectivity index (χ1) is 7.69. The predicted octanol–water partition coefficient (Wildman–Crippen LogP) is -0.653. The van der Waals surface area contributed by atoms with E-state index in [0.717, 1.165) is 19.5 Å². The second-order valence-corrected chi connectivity index (χ2v) is 4.74. The van der Waals surface area contributed by atoms with Gasteiger partial charge in [0.15, 0.2) is 0 Å². The molecule has 2 aliphatic rings. The highest BCUT2D eigenvalue weighted by Gasteiger charge is 2.29. The lowest BCUT2D eigenvalue weighted by molar-refractivity contribution is -0.119. The molecular formula is C11H20N2O3. The molecule has 1 amide bonds. The van der Waals surface area contributed by atoms with E-state index in [-0.39, 0.29) is 24.7 Å². The summed E-state index contributed by atoms with van der Waals surface area (Å²) in [4.78, 5) is 13.4. The van der Waals surface area contributed by atoms with Crippen molar-refractivity contribution >= 4 is 5.91 Å². The van der Waals surface area contributed by atoms with Gasteiger partial charge in [-0.1, -0.05) is 0 Å². The largest absolute Gasteiger partial charge is 0.394 e. The number of hydrogen-bond acceptors (Lipinski definition) is 4. The van der Waals surface area contributed by atoms with Crippen LogP contribution in [0.4, 0.5) is 0 Å². The molecule has 0 bridgehead atoms. The molecule has 0 spiro atoms. The fourth-order valence-corrected chi connectivity index (χ4v) is 2.34. The quantitative estimate of drug-likeness (QED) is 0.673. The van der Waals surface area contributed by atoms with Crippen molar-refractivity contribution in [1.82, 2.24) is 10.2 Å². The molecule has 2 N–H and O–H groups in total. The van der Waals surface area contributed by atoms with E-state index >= 15 is 0 Å². The maximum absolute atomic E-state index is 11.1. The molecule has 0 aromatic carbocycles. The Hall–Kier alpha value is -0.650. The number of rotatable bonds is 3. The predicted molar refractivity (Wildman–Crippen MR) is 59.0 cm³/mol. The van der Waals surface area contributed by atoms with Crippen molar-refractivity contribution in [3.63, 3.8) is 0 Å². The maximum Gasteiger partial charge on any atom is 0.220 e. The van der Waals surface area contributed by atoms with Gasteiger partial charge in [0.1, 0.15) is 0 Å². The molecule has 3 atom stereocenters. The summed E-state index contributed by atoms with van der Waals surface area (Å²) in [5.74, 6) is 0.157. The Bertz CT molecular complexity index is 260. The maximum atomic E-state index is 11.1. The van der Waals surface area contributed by atoms with Crippen LogP contribution in [0.3, 0.4) is 0 Å². The molecule has 2 heterocycles. The summed E-state index contributed by atoms with van der Waals surface area (Å²) in [6.07, 6.45) is 1.49. The molecule has 0 radical (unpaired) electrons. The lowest BCUT2D eigenvalue weighted by atomic mass is 10.1. The minimum Gasteiger partial charge on any atom is -0.394 e. The third kappa shape index (κ3) is 2.72. The highest BCUT2D eigenvalue weighted by Crippen LogP contribution is 2.15. The number of hydrogen-bond donors (Lipinski definition) is 2. The van der Waals surface area contributed by atoms with Crippen molar-refractivity contribution in [2.75, 3.05) is 26.3 Å². The van der Waals surface area contributed by atoms with E-state index < -0.39 is 0 Å². The molecule has 2 rings (SSSR count). The molecule has 2 saturated heterocycles. The van der Waals surface area contributed by atoms with Crippen LogP contribution < -0.4 is 5.32 Å². The fraction of sp³-hybridized carbons (Fsp3) is 0.909. The van der Waals surface area contributed by atoms with Gasteiger partial charge in [0.2, 0.25) is 5.91 Å². The smallest absolute Gasteiger partial charge is 0.220 e. The van der Waals surface area contributed by atoms with Gasteiger partial charge in [0.05, 0.1) is 19.3 Å². The number of carbonyl (C=O) groups excluding carboxylic acids is 1. The lowest BCUT2D eigenvalue weighted by Gasteiger charge is -2.38. The topological polar surface area (TPSA) is 61.8 Å². The summed E-state index contributed by atoms with van der Waals surface area (Å²) in [6, 6.07) is 0.632. The molecular weight excluding hydrogens is 208 g/mol. The van der Waals surface area contributed by atoms with Crippen LogP contribution in [-0.2, 0) is 9.53 Å². The van der Waals surface area contributed by atoms with Gasteiger partial charge >= 0.3 is 0 Å². The highest BCUT2D eigenvalue weighted by molar-refractivity contribution is 5.78. The van der Waals surface area contributed by atoms with Crippen LogP contribution in [0.5, 0.6) is 0 Å². The van der Waals surface area contributed by atoms with E-state index in [1.807, 2.05) is 0 Å². The molecule has 2 aliphatic heterocycles. The van der Waals surface area contributed by atoms with Crippen LogP contribution in [0.25, 0.3) is 0 Å². The molecule has 5 heteroatoms. The third-order valence-electron chi connectivity index (χ3n) is 3.38. The van der Waals surface area contributed by atoms with Gasteiger partial charge in [-0.25, -0.2) is 0 Å². The molecule has 3 unspecified atom stereocenters. The summed E-state index contributed by atoms with van der Waals surface area (Å²) >= 11 is 0. The van der Waals surface area contributed by atoms with E-state index in [0.29, 0.717) is 19.1 Å². The van der Waals surface area contributed by atoms with Crippen LogP contribution in [0.2, 0.25) is 0 Å². The first kappa shape index (κ1) is 11.8. The van der Waals surface area contributed by atoms with Crippen molar-refractivity contribution in [3.8, 4) is 0 Å². The normalized spacial score (nSPS) is 36.4. The van der Waals surface area contributed by atoms with Gasteiger partial charge in [-0.2, -0.15) is 0 Å². The monoisotopic (exact) mass is 228 g/mol. The number of carbonyl (C=O) groups is 1. The van der Waals surface area contributed by atoms with E-state index in [4.69, 9.17) is 9.84 Å². The number of aliphatic hydroxyl groups excluding tert-OH is 1. The van der Waals surface area contributed by atoms with Crippen LogP contribution >= 0.6 is 0 Å². The molecule has 0 aromatic heterocycles. The van der Waals surface area contributed by atoms with Gasteiger partial charge < -0.3 is 15.2 Å². The molecule has 5 nitrogen and oxygen atoms in total. The Balaban J connectivity index is 1.84. The summed E-state index contributed by atoms with van der Waals surface area (Å²) < 4.78 is 5.48. The zero-order valence-electron chi connectivity index (χ0n) is 9.69. The molecule has 16 heavy (non-hydrogen) atoms. The van der Waals surface area contributed by atoms with Crippen molar-refractivity contribution in [1.29, 1.82) is 0 Å². The number of nitrogens with one attached hydrogen (secondary N) is 1. The average molecular weight is 228 g/mol. The summed E-state index contributed by atoms with van der Waals surface area (Å²) in [5, 5.41) is 12.0. The Morgan fingerprint density at radius 3 is 3.06 bits per heavy atom. The minimum atomic E-state index is -0.0756. The average Bonchev–Trinajstić information content (AvgIpc) is 2.67. The Kier molecular flexibility index (Phi) is 3.78. The van der Waals surface area contributed by atoms with Crippen LogP contribution in [-0.4, -0.2) is 60.4 Å². The Morgan fingerprint density at radius 2 is 2.44 bits per heavy atom. The number of aliphatic hydroxyl groups is 1. The molecule has 0 saturated carbocycles. The van der Waals surface area contributed by atoms with E-state index in [1.54, 1.807) is 0 Å². The highest BCUT2D eigenvalue weighted by atomic mass is 16.5. The number of amides is 1. The van der Waals surface area contributed by atoms with E-state index in [2.05, 4.69) is 17.1 Å².